The lowest BCUT2D eigenvalue weighted by Crippen LogP contribution is -2.32. The number of aromatic nitrogens is 3. The first-order chi connectivity index (χ1) is 9.49. The molecular formula is C12H12N4O3S. The predicted molar refractivity (Wildman–Crippen MR) is 74.1 cm³/mol. The van der Waals surface area contributed by atoms with E-state index in [1.54, 1.807) is 18.2 Å². The molecule has 8 heteroatoms. The van der Waals surface area contributed by atoms with E-state index in [0.29, 0.717) is 5.75 Å². The fraction of sp³-hybridized carbons (Fsp3) is 0.167. The summed E-state index contributed by atoms with van der Waals surface area (Å²) in [7, 11) is 0. The van der Waals surface area contributed by atoms with Gasteiger partial charge in [0.1, 0.15) is 5.69 Å². The van der Waals surface area contributed by atoms with Crippen LogP contribution in [0.15, 0.2) is 34.2 Å². The first-order valence-corrected chi connectivity index (χ1v) is 6.64. The highest BCUT2D eigenvalue weighted by Crippen LogP contribution is 2.19. The number of thioether (sulfide) groups is 1. The molecule has 3 N–H and O–H groups in total. The Morgan fingerprint density at radius 2 is 2.20 bits per heavy atom. The summed E-state index contributed by atoms with van der Waals surface area (Å²) in [6.45, 7) is 1.53. The van der Waals surface area contributed by atoms with Crippen LogP contribution in [0.5, 0.6) is 0 Å². The van der Waals surface area contributed by atoms with Crippen LogP contribution >= 0.6 is 11.8 Å². The molecular weight excluding hydrogens is 280 g/mol. The van der Waals surface area contributed by atoms with E-state index in [2.05, 4.69) is 10.2 Å². The lowest BCUT2D eigenvalue weighted by Gasteiger charge is -2.06. The minimum Gasteiger partial charge on any atom is -0.478 e. The van der Waals surface area contributed by atoms with Crippen molar-refractivity contribution in [1.82, 2.24) is 14.9 Å². The molecule has 1 aromatic carbocycles. The first kappa shape index (κ1) is 14.1. The van der Waals surface area contributed by atoms with Gasteiger partial charge in [0.25, 0.3) is 5.56 Å². The van der Waals surface area contributed by atoms with Crippen molar-refractivity contribution in [2.24, 2.45) is 0 Å². The molecule has 2 rings (SSSR count). The van der Waals surface area contributed by atoms with Crippen LogP contribution in [0.2, 0.25) is 0 Å². The van der Waals surface area contributed by atoms with Crippen molar-refractivity contribution in [3.63, 3.8) is 0 Å². The second kappa shape index (κ2) is 5.74. The van der Waals surface area contributed by atoms with Crippen molar-refractivity contribution in [2.75, 3.05) is 5.84 Å². The third kappa shape index (κ3) is 2.97. The Morgan fingerprint density at radius 1 is 1.45 bits per heavy atom. The molecule has 2 aromatic rings. The summed E-state index contributed by atoms with van der Waals surface area (Å²) >= 11 is 1.21. The molecule has 0 amide bonds. The Morgan fingerprint density at radius 3 is 2.90 bits per heavy atom. The van der Waals surface area contributed by atoms with Crippen molar-refractivity contribution in [3.05, 3.63) is 51.4 Å². The molecule has 0 fully saturated rings. The largest absolute Gasteiger partial charge is 0.478 e. The van der Waals surface area contributed by atoms with Gasteiger partial charge in [-0.3, -0.25) is 4.79 Å². The summed E-state index contributed by atoms with van der Waals surface area (Å²) < 4.78 is 0.939. The van der Waals surface area contributed by atoms with Crippen LogP contribution in [0.25, 0.3) is 0 Å². The average molecular weight is 292 g/mol. The van der Waals surface area contributed by atoms with Crippen molar-refractivity contribution < 1.29 is 9.90 Å². The van der Waals surface area contributed by atoms with Gasteiger partial charge in [-0.05, 0) is 24.6 Å². The Balaban J connectivity index is 2.17. The number of nitrogen functional groups attached to an aromatic ring is 1. The summed E-state index contributed by atoms with van der Waals surface area (Å²) in [6.07, 6.45) is 0. The number of carbonyl (C=O) groups is 1. The van der Waals surface area contributed by atoms with E-state index in [4.69, 9.17) is 10.9 Å². The predicted octanol–water partition coefficient (Wildman–Crippen LogP) is 0.651. The third-order valence-corrected chi connectivity index (χ3v) is 3.58. The average Bonchev–Trinajstić information content (AvgIpc) is 2.44. The molecule has 0 saturated carbocycles. The second-order valence-electron chi connectivity index (χ2n) is 4.04. The highest BCUT2D eigenvalue weighted by atomic mass is 32.2. The summed E-state index contributed by atoms with van der Waals surface area (Å²) in [5, 5.41) is 16.8. The summed E-state index contributed by atoms with van der Waals surface area (Å²) in [4.78, 5) is 22.5. The van der Waals surface area contributed by atoms with Crippen LogP contribution in [-0.4, -0.2) is 25.9 Å². The first-order valence-electron chi connectivity index (χ1n) is 5.65. The quantitative estimate of drug-likeness (QED) is 0.628. The topological polar surface area (TPSA) is 111 Å². The van der Waals surface area contributed by atoms with Gasteiger partial charge < -0.3 is 10.9 Å². The number of benzene rings is 1. The number of aromatic carboxylic acids is 1. The lowest BCUT2D eigenvalue weighted by molar-refractivity contribution is 0.0697. The SMILES string of the molecule is Cc1nnc(SCc2cccc(C(=O)O)c2)n(N)c1=O. The van der Waals surface area contributed by atoms with Gasteiger partial charge in [0.15, 0.2) is 0 Å². The van der Waals surface area contributed by atoms with E-state index < -0.39 is 11.5 Å². The minimum absolute atomic E-state index is 0.211. The van der Waals surface area contributed by atoms with Gasteiger partial charge in [0, 0.05) is 5.75 Å². The molecule has 0 aliphatic rings. The molecule has 7 nitrogen and oxygen atoms in total. The number of aryl methyl sites for hydroxylation is 1. The van der Waals surface area contributed by atoms with E-state index in [-0.39, 0.29) is 16.4 Å². The molecule has 0 bridgehead atoms. The molecule has 0 radical (unpaired) electrons. The molecule has 0 atom stereocenters. The van der Waals surface area contributed by atoms with Gasteiger partial charge in [0.2, 0.25) is 5.16 Å². The Kier molecular flexibility index (Phi) is 4.04. The zero-order chi connectivity index (χ0) is 14.7. The number of hydrogen-bond acceptors (Lipinski definition) is 6. The van der Waals surface area contributed by atoms with Gasteiger partial charge in [0.05, 0.1) is 5.56 Å². The van der Waals surface area contributed by atoms with Crippen molar-refractivity contribution in [1.29, 1.82) is 0 Å². The van der Waals surface area contributed by atoms with Crippen LogP contribution in [0, 0.1) is 6.92 Å². The molecule has 0 aliphatic carbocycles. The maximum absolute atomic E-state index is 11.6. The zero-order valence-corrected chi connectivity index (χ0v) is 11.4. The second-order valence-corrected chi connectivity index (χ2v) is 4.98. The van der Waals surface area contributed by atoms with Gasteiger partial charge in [-0.2, -0.15) is 4.68 Å². The normalized spacial score (nSPS) is 10.4. The molecule has 0 aliphatic heterocycles. The Labute approximate surface area is 118 Å². The van der Waals surface area contributed by atoms with Crippen LogP contribution in [0.3, 0.4) is 0 Å². The highest BCUT2D eigenvalue weighted by molar-refractivity contribution is 7.98. The number of nitrogens with two attached hydrogens (primary N) is 1. The fourth-order valence-corrected chi connectivity index (χ4v) is 2.31. The Bertz CT molecular complexity index is 714. The van der Waals surface area contributed by atoms with E-state index in [1.165, 1.54) is 24.8 Å². The number of rotatable bonds is 4. The maximum atomic E-state index is 11.6. The lowest BCUT2D eigenvalue weighted by atomic mass is 10.1. The van der Waals surface area contributed by atoms with Gasteiger partial charge in [-0.1, -0.05) is 23.9 Å². The summed E-state index contributed by atoms with van der Waals surface area (Å²) in [6, 6.07) is 6.53. The standard InChI is InChI=1S/C12H12N4O3S/c1-7-10(17)16(13)12(15-14-7)20-6-8-3-2-4-9(5-8)11(18)19/h2-5H,6,13H2,1H3,(H,18,19). The molecule has 1 aromatic heterocycles. The zero-order valence-electron chi connectivity index (χ0n) is 10.6. The Hall–Kier alpha value is -2.35. The number of carboxylic acids is 1. The maximum Gasteiger partial charge on any atom is 0.335 e. The third-order valence-electron chi connectivity index (χ3n) is 2.56. The number of hydrogen-bond donors (Lipinski definition) is 2. The fourth-order valence-electron chi connectivity index (χ4n) is 1.51. The number of nitrogens with zero attached hydrogens (tertiary/aromatic N) is 3. The molecule has 0 unspecified atom stereocenters. The molecule has 0 spiro atoms. The van der Waals surface area contributed by atoms with Crippen LogP contribution in [0.4, 0.5) is 0 Å². The van der Waals surface area contributed by atoms with E-state index in [1.807, 2.05) is 0 Å². The van der Waals surface area contributed by atoms with Crippen molar-refractivity contribution in [2.45, 2.75) is 17.8 Å². The molecule has 1 heterocycles. The summed E-state index contributed by atoms with van der Waals surface area (Å²) in [5.74, 6) is 5.07. The molecule has 20 heavy (non-hydrogen) atoms. The van der Waals surface area contributed by atoms with Gasteiger partial charge >= 0.3 is 5.97 Å². The van der Waals surface area contributed by atoms with Crippen LogP contribution in [-0.2, 0) is 5.75 Å². The van der Waals surface area contributed by atoms with Gasteiger partial charge in [-0.15, -0.1) is 10.2 Å². The monoisotopic (exact) mass is 292 g/mol. The van der Waals surface area contributed by atoms with E-state index in [9.17, 15) is 9.59 Å². The van der Waals surface area contributed by atoms with Crippen molar-refractivity contribution in [3.8, 4) is 0 Å². The van der Waals surface area contributed by atoms with Crippen LogP contribution in [0.1, 0.15) is 21.6 Å². The van der Waals surface area contributed by atoms with E-state index >= 15 is 0 Å². The molecule has 0 saturated heterocycles. The highest BCUT2D eigenvalue weighted by Gasteiger charge is 2.09. The van der Waals surface area contributed by atoms with Gasteiger partial charge in [-0.25, -0.2) is 4.79 Å². The molecule has 104 valence electrons. The minimum atomic E-state index is -0.984. The van der Waals surface area contributed by atoms with E-state index in [0.717, 1.165) is 10.2 Å². The number of carboxylic acid groups (broad SMARTS) is 1. The summed E-state index contributed by atoms with van der Waals surface area (Å²) in [5.41, 5.74) is 0.833. The smallest absolute Gasteiger partial charge is 0.335 e. The van der Waals surface area contributed by atoms with Crippen LogP contribution < -0.4 is 11.4 Å². The van der Waals surface area contributed by atoms with Crippen molar-refractivity contribution >= 4 is 17.7 Å².